The highest BCUT2D eigenvalue weighted by Crippen LogP contribution is 2.27. The molecular weight excluding hydrogens is 369 g/mol. The molecule has 0 amide bonds. The summed E-state index contributed by atoms with van der Waals surface area (Å²) in [5.74, 6) is -4.41. The van der Waals surface area contributed by atoms with Crippen molar-refractivity contribution in [2.45, 2.75) is 0 Å². The van der Waals surface area contributed by atoms with E-state index in [-0.39, 0.29) is 29.3 Å². The Morgan fingerprint density at radius 2 is 1.68 bits per heavy atom. The second-order valence-corrected chi connectivity index (χ2v) is 5.16. The van der Waals surface area contributed by atoms with Crippen molar-refractivity contribution in [3.63, 3.8) is 0 Å². The number of rotatable bonds is 9. The summed E-state index contributed by atoms with van der Waals surface area (Å²) in [4.78, 5) is 0. The lowest BCUT2D eigenvalue weighted by atomic mass is 10.1. The lowest BCUT2D eigenvalue weighted by Crippen LogP contribution is -2.01. The van der Waals surface area contributed by atoms with Gasteiger partial charge in [0.2, 0.25) is 11.6 Å². The zero-order valence-corrected chi connectivity index (χ0v) is 15.7. The van der Waals surface area contributed by atoms with E-state index in [2.05, 4.69) is 39.5 Å². The molecule has 0 atom stereocenters. The van der Waals surface area contributed by atoms with E-state index in [1.54, 1.807) is 0 Å². The smallest absolute Gasteiger partial charge is 0.204 e. The van der Waals surface area contributed by atoms with Gasteiger partial charge in [0, 0.05) is 11.6 Å². The van der Waals surface area contributed by atoms with E-state index in [4.69, 9.17) is 14.6 Å². The molecule has 1 rings (SSSR count). The lowest BCUT2D eigenvalue weighted by Gasteiger charge is -2.08. The average Bonchev–Trinajstić information content (AvgIpc) is 2.70. The summed E-state index contributed by atoms with van der Waals surface area (Å²) in [6.45, 7) is 20.3. The van der Waals surface area contributed by atoms with Crippen LogP contribution in [0.2, 0.25) is 0 Å². The van der Waals surface area contributed by atoms with Gasteiger partial charge >= 0.3 is 0 Å². The first-order valence-electron chi connectivity index (χ1n) is 7.81. The normalized spacial score (nSPS) is 10.6. The standard InChI is InChI=1S/C20H19F3O3.C2H4/c1-12(11-26-18-9-8-17(24)19(22)20(18)23)6-7-13(2)15(4)16(21)10-14(3)25-5;1-2/h6-10,24H,1-4,11H2,5H3;1-2H2/b7-6-,16-10+;. The molecule has 0 aliphatic heterocycles. The molecule has 0 heterocycles. The van der Waals surface area contributed by atoms with Gasteiger partial charge in [-0.15, -0.1) is 13.2 Å². The van der Waals surface area contributed by atoms with Crippen LogP contribution in [0.25, 0.3) is 0 Å². The molecule has 0 fully saturated rings. The minimum absolute atomic E-state index is 0.0276. The molecule has 150 valence electrons. The van der Waals surface area contributed by atoms with E-state index in [0.29, 0.717) is 5.57 Å². The zero-order chi connectivity index (χ0) is 21.9. The van der Waals surface area contributed by atoms with Crippen LogP contribution >= 0.6 is 0 Å². The number of aromatic hydroxyl groups is 1. The Hall–Kier alpha value is -3.41. The molecule has 3 nitrogen and oxygen atoms in total. The summed E-state index contributed by atoms with van der Waals surface area (Å²) < 4.78 is 50.5. The number of hydrogen-bond acceptors (Lipinski definition) is 3. The Morgan fingerprint density at radius 3 is 2.25 bits per heavy atom. The van der Waals surface area contributed by atoms with E-state index in [1.165, 1.54) is 19.3 Å². The summed E-state index contributed by atoms with van der Waals surface area (Å²) in [5, 5.41) is 9.05. The molecule has 0 aromatic heterocycles. The molecule has 0 bridgehead atoms. The first-order valence-corrected chi connectivity index (χ1v) is 7.81. The number of methoxy groups -OCH3 is 1. The molecule has 28 heavy (non-hydrogen) atoms. The van der Waals surface area contributed by atoms with Gasteiger partial charge in [0.25, 0.3) is 0 Å². The van der Waals surface area contributed by atoms with E-state index >= 15 is 0 Å². The van der Waals surface area contributed by atoms with Gasteiger partial charge < -0.3 is 14.6 Å². The second kappa shape index (κ2) is 12.1. The van der Waals surface area contributed by atoms with Crippen molar-refractivity contribution in [3.05, 3.63) is 110 Å². The summed E-state index contributed by atoms with van der Waals surface area (Å²) >= 11 is 0. The third kappa shape index (κ3) is 7.45. The average molecular weight is 392 g/mol. The number of phenols is 1. The summed E-state index contributed by atoms with van der Waals surface area (Å²) in [6.07, 6.45) is 3.99. The Bertz CT molecular complexity index is 821. The Morgan fingerprint density at radius 1 is 1.07 bits per heavy atom. The maximum Gasteiger partial charge on any atom is 0.204 e. The third-order valence-corrected chi connectivity index (χ3v) is 3.19. The van der Waals surface area contributed by atoms with Crippen LogP contribution in [0.15, 0.2) is 98.1 Å². The Balaban J connectivity index is 0.00000352. The summed E-state index contributed by atoms with van der Waals surface area (Å²) in [7, 11) is 1.36. The predicted molar refractivity (Wildman–Crippen MR) is 107 cm³/mol. The highest BCUT2D eigenvalue weighted by atomic mass is 19.2. The van der Waals surface area contributed by atoms with Crippen LogP contribution in [0.3, 0.4) is 0 Å². The fourth-order valence-corrected chi connectivity index (χ4v) is 1.61. The van der Waals surface area contributed by atoms with E-state index < -0.39 is 23.2 Å². The summed E-state index contributed by atoms with van der Waals surface area (Å²) in [6, 6.07) is 2.07. The Kier molecular flexibility index (Phi) is 10.6. The topological polar surface area (TPSA) is 38.7 Å². The lowest BCUT2D eigenvalue weighted by molar-refractivity contribution is 0.307. The number of halogens is 3. The van der Waals surface area contributed by atoms with E-state index in [1.807, 2.05) is 0 Å². The molecule has 1 aromatic carbocycles. The maximum atomic E-state index is 13.9. The fourth-order valence-electron chi connectivity index (χ4n) is 1.61. The van der Waals surface area contributed by atoms with Gasteiger partial charge in [0.05, 0.1) is 7.11 Å². The van der Waals surface area contributed by atoms with Crippen LogP contribution in [0, 0.1) is 11.6 Å². The van der Waals surface area contributed by atoms with Gasteiger partial charge in [0.1, 0.15) is 18.2 Å². The molecule has 0 unspecified atom stereocenters. The van der Waals surface area contributed by atoms with Crippen molar-refractivity contribution in [1.29, 1.82) is 0 Å². The van der Waals surface area contributed by atoms with Gasteiger partial charge in [-0.05, 0) is 23.3 Å². The van der Waals surface area contributed by atoms with Crippen LogP contribution in [-0.2, 0) is 4.74 Å². The largest absolute Gasteiger partial charge is 0.505 e. The third-order valence-electron chi connectivity index (χ3n) is 3.19. The zero-order valence-electron chi connectivity index (χ0n) is 15.7. The van der Waals surface area contributed by atoms with Crippen LogP contribution in [0.5, 0.6) is 11.5 Å². The first-order chi connectivity index (χ1) is 13.2. The number of benzene rings is 1. The van der Waals surface area contributed by atoms with Gasteiger partial charge in [-0.1, -0.05) is 38.5 Å². The number of phenolic OH excluding ortho intramolecular Hbond substituents is 1. The SMILES string of the molecule is C=C.C=C(/C=C\C(=C)C(=C)/C(F)=C\C(=C)OC)COc1ccc(O)c(F)c1F. The van der Waals surface area contributed by atoms with Crippen molar-refractivity contribution >= 4 is 0 Å². The second-order valence-electron chi connectivity index (χ2n) is 5.16. The fraction of sp³-hybridized carbons (Fsp3) is 0.0909. The van der Waals surface area contributed by atoms with Crippen LogP contribution in [-0.4, -0.2) is 18.8 Å². The van der Waals surface area contributed by atoms with Crippen LogP contribution in [0.1, 0.15) is 0 Å². The number of hydrogen-bond donors (Lipinski definition) is 1. The highest BCUT2D eigenvalue weighted by Gasteiger charge is 2.13. The van der Waals surface area contributed by atoms with E-state index in [0.717, 1.165) is 18.2 Å². The van der Waals surface area contributed by atoms with E-state index in [9.17, 15) is 13.2 Å². The molecule has 0 saturated heterocycles. The highest BCUT2D eigenvalue weighted by molar-refractivity contribution is 5.48. The number of allylic oxidation sites excluding steroid dienone is 5. The molecular formula is C22H23F3O3. The maximum absolute atomic E-state index is 13.9. The molecule has 6 heteroatoms. The molecule has 0 spiro atoms. The van der Waals surface area contributed by atoms with Gasteiger partial charge in [0.15, 0.2) is 11.5 Å². The van der Waals surface area contributed by atoms with Crippen LogP contribution in [0.4, 0.5) is 13.2 Å². The Labute approximate surface area is 163 Å². The van der Waals surface area contributed by atoms with Gasteiger partial charge in [-0.25, -0.2) is 4.39 Å². The monoisotopic (exact) mass is 392 g/mol. The van der Waals surface area contributed by atoms with Gasteiger partial charge in [-0.3, -0.25) is 0 Å². The first kappa shape index (κ1) is 24.6. The van der Waals surface area contributed by atoms with Crippen molar-refractivity contribution in [2.24, 2.45) is 0 Å². The molecule has 0 aliphatic rings. The van der Waals surface area contributed by atoms with Crippen molar-refractivity contribution in [1.82, 2.24) is 0 Å². The molecule has 0 aliphatic carbocycles. The molecule has 0 radical (unpaired) electrons. The quantitative estimate of drug-likeness (QED) is 0.314. The van der Waals surface area contributed by atoms with Crippen molar-refractivity contribution in [3.8, 4) is 11.5 Å². The van der Waals surface area contributed by atoms with Crippen molar-refractivity contribution < 1.29 is 27.8 Å². The molecule has 1 aromatic rings. The molecule has 1 N–H and O–H groups in total. The van der Waals surface area contributed by atoms with Crippen LogP contribution < -0.4 is 4.74 Å². The summed E-state index contributed by atoms with van der Waals surface area (Å²) in [5.41, 5.74) is 0.683. The van der Waals surface area contributed by atoms with Gasteiger partial charge in [-0.2, -0.15) is 8.78 Å². The predicted octanol–water partition coefficient (Wildman–Crippen LogP) is 6.09. The molecule has 0 saturated carbocycles. The number of ether oxygens (including phenoxy) is 2. The van der Waals surface area contributed by atoms with Crippen molar-refractivity contribution in [2.75, 3.05) is 13.7 Å². The minimum Gasteiger partial charge on any atom is -0.505 e. The minimum atomic E-state index is -1.40.